The largest absolute Gasteiger partial charge is 0.365 e. The van der Waals surface area contributed by atoms with Gasteiger partial charge in [0, 0.05) is 17.9 Å². The molecule has 0 spiro atoms. The van der Waals surface area contributed by atoms with Gasteiger partial charge in [0.05, 0.1) is 24.3 Å². The summed E-state index contributed by atoms with van der Waals surface area (Å²) in [7, 11) is -3.37. The molecule has 0 radical (unpaired) electrons. The van der Waals surface area contributed by atoms with Crippen molar-refractivity contribution in [2.75, 3.05) is 11.6 Å². The van der Waals surface area contributed by atoms with Crippen molar-refractivity contribution >= 4 is 27.4 Å². The number of nitrogens with two attached hydrogens (primary N) is 1. The zero-order chi connectivity index (χ0) is 21.2. The van der Waals surface area contributed by atoms with Gasteiger partial charge in [-0.1, -0.05) is 0 Å². The molecule has 1 amide bonds. The lowest BCUT2D eigenvalue weighted by Gasteiger charge is -2.32. The lowest BCUT2D eigenvalue weighted by Crippen LogP contribution is -2.40. The predicted molar refractivity (Wildman–Crippen MR) is 104 cm³/mol. The van der Waals surface area contributed by atoms with Crippen LogP contribution in [0.1, 0.15) is 35.7 Å². The van der Waals surface area contributed by atoms with Gasteiger partial charge in [-0.3, -0.25) is 9.48 Å². The fraction of sp³-hybridized carbons (Fsp3) is 0.389. The summed E-state index contributed by atoms with van der Waals surface area (Å²) in [5, 5.41) is 16.9. The zero-order valence-corrected chi connectivity index (χ0v) is 16.5. The average Bonchev–Trinajstić information content (AvgIpc) is 3.06. The van der Waals surface area contributed by atoms with E-state index in [0.717, 1.165) is 6.26 Å². The number of hydrogen-bond donors (Lipinski definition) is 3. The van der Waals surface area contributed by atoms with E-state index in [2.05, 4.69) is 21.2 Å². The molecule has 0 saturated heterocycles. The number of benzene rings is 1. The predicted octanol–water partition coefficient (Wildman–Crippen LogP) is 1.65. The van der Waals surface area contributed by atoms with Crippen LogP contribution < -0.4 is 15.8 Å². The molecule has 11 heteroatoms. The van der Waals surface area contributed by atoms with Crippen LogP contribution in [0.3, 0.4) is 0 Å². The number of hydrogen-bond acceptors (Lipinski definition) is 6. The van der Waals surface area contributed by atoms with Crippen LogP contribution in [0, 0.1) is 23.1 Å². The Labute approximate surface area is 167 Å². The first-order chi connectivity index (χ1) is 13.7. The van der Waals surface area contributed by atoms with Crippen LogP contribution in [0.4, 0.5) is 15.9 Å². The number of carbonyl (C=O) groups excluding carboxylic acids is 1. The van der Waals surface area contributed by atoms with Crippen molar-refractivity contribution in [1.29, 1.82) is 5.26 Å². The summed E-state index contributed by atoms with van der Waals surface area (Å²) in [5.41, 5.74) is 6.13. The molecule has 1 aliphatic rings. The van der Waals surface area contributed by atoms with Gasteiger partial charge in [-0.25, -0.2) is 17.5 Å². The Morgan fingerprint density at radius 3 is 2.62 bits per heavy atom. The van der Waals surface area contributed by atoms with Crippen molar-refractivity contribution < 1.29 is 17.6 Å². The third-order valence-corrected chi connectivity index (χ3v) is 5.57. The van der Waals surface area contributed by atoms with Crippen LogP contribution in [-0.2, 0) is 10.0 Å². The van der Waals surface area contributed by atoms with Gasteiger partial charge in [-0.2, -0.15) is 10.4 Å². The summed E-state index contributed by atoms with van der Waals surface area (Å²) >= 11 is 0. The highest BCUT2D eigenvalue weighted by atomic mass is 32.2. The van der Waals surface area contributed by atoms with Crippen LogP contribution >= 0.6 is 0 Å². The van der Waals surface area contributed by atoms with E-state index in [0.29, 0.717) is 24.9 Å². The number of nitrogens with zero attached hydrogens (tertiary/aromatic N) is 3. The quantitative estimate of drug-likeness (QED) is 0.648. The van der Waals surface area contributed by atoms with E-state index in [1.165, 1.54) is 35.1 Å². The molecule has 9 nitrogen and oxygen atoms in total. The number of amides is 1. The maximum Gasteiger partial charge on any atom is 0.254 e. The third kappa shape index (κ3) is 5.10. The number of rotatable bonds is 6. The fourth-order valence-corrected chi connectivity index (χ4v) is 4.34. The maximum absolute atomic E-state index is 13.1. The highest BCUT2D eigenvalue weighted by Gasteiger charge is 2.34. The molecule has 4 N–H and O–H groups in total. The summed E-state index contributed by atoms with van der Waals surface area (Å²) in [6.45, 7) is 0. The molecule has 1 saturated carbocycles. The molecule has 3 atom stereocenters. The molecule has 3 unspecified atom stereocenters. The van der Waals surface area contributed by atoms with Crippen LogP contribution in [-0.4, -0.2) is 36.4 Å². The molecule has 0 bridgehead atoms. The summed E-state index contributed by atoms with van der Waals surface area (Å²) < 4.78 is 40.1. The molecule has 1 aliphatic carbocycles. The average molecular weight is 420 g/mol. The molecule has 154 valence electrons. The summed E-state index contributed by atoms with van der Waals surface area (Å²) in [5.74, 6) is -1.38. The van der Waals surface area contributed by atoms with E-state index in [4.69, 9.17) is 5.73 Å². The van der Waals surface area contributed by atoms with E-state index in [-0.39, 0.29) is 23.5 Å². The molecule has 1 aromatic heterocycles. The van der Waals surface area contributed by atoms with Gasteiger partial charge in [0.25, 0.3) is 5.91 Å². The van der Waals surface area contributed by atoms with E-state index in [1.54, 1.807) is 0 Å². The Bertz CT molecular complexity index is 1040. The summed E-state index contributed by atoms with van der Waals surface area (Å²) in [6, 6.07) is 7.09. The SMILES string of the molecule is CS(=O)(=O)NC1CCC(n2cc(C(N)=O)c(Nc3ccc(F)cc3)n2)C(C#N)C1. The first-order valence-corrected chi connectivity index (χ1v) is 10.8. The van der Waals surface area contributed by atoms with Gasteiger partial charge >= 0.3 is 0 Å². The minimum absolute atomic E-state index is 0.141. The Balaban J connectivity index is 1.84. The maximum atomic E-state index is 13.1. The molecule has 3 rings (SSSR count). The van der Waals surface area contributed by atoms with Gasteiger partial charge in [0.2, 0.25) is 10.0 Å². The Morgan fingerprint density at radius 1 is 1.34 bits per heavy atom. The van der Waals surface area contributed by atoms with E-state index in [9.17, 15) is 22.9 Å². The highest BCUT2D eigenvalue weighted by Crippen LogP contribution is 2.35. The second kappa shape index (κ2) is 8.18. The lowest BCUT2D eigenvalue weighted by molar-refractivity contribution is 0.100. The normalized spacial score (nSPS) is 22.0. The minimum Gasteiger partial charge on any atom is -0.365 e. The van der Waals surface area contributed by atoms with Gasteiger partial charge < -0.3 is 11.1 Å². The molecule has 1 aromatic carbocycles. The molecule has 1 fully saturated rings. The first-order valence-electron chi connectivity index (χ1n) is 8.94. The number of halogens is 1. The second-order valence-corrected chi connectivity index (χ2v) is 8.85. The highest BCUT2D eigenvalue weighted by molar-refractivity contribution is 7.88. The number of nitrogens with one attached hydrogen (secondary N) is 2. The number of aromatic nitrogens is 2. The molecule has 29 heavy (non-hydrogen) atoms. The van der Waals surface area contributed by atoms with Crippen molar-refractivity contribution in [2.24, 2.45) is 11.7 Å². The third-order valence-electron chi connectivity index (χ3n) is 4.80. The smallest absolute Gasteiger partial charge is 0.254 e. The van der Waals surface area contributed by atoms with E-state index in [1.807, 2.05) is 0 Å². The Kier molecular flexibility index (Phi) is 5.86. The van der Waals surface area contributed by atoms with Crippen molar-refractivity contribution in [3.05, 3.63) is 41.8 Å². The van der Waals surface area contributed by atoms with Gasteiger partial charge in [0.1, 0.15) is 11.4 Å². The molecule has 2 aromatic rings. The number of sulfonamides is 1. The number of primary amides is 1. The van der Waals surface area contributed by atoms with E-state index >= 15 is 0 Å². The topological polar surface area (TPSA) is 143 Å². The van der Waals surface area contributed by atoms with Gasteiger partial charge in [-0.05, 0) is 43.5 Å². The van der Waals surface area contributed by atoms with E-state index < -0.39 is 27.7 Å². The number of anilines is 2. The summed E-state index contributed by atoms with van der Waals surface area (Å²) in [6.07, 6.45) is 3.93. The number of nitriles is 1. The van der Waals surface area contributed by atoms with Crippen LogP contribution in [0.15, 0.2) is 30.5 Å². The molecule has 1 heterocycles. The van der Waals surface area contributed by atoms with Crippen LogP contribution in [0.2, 0.25) is 0 Å². The fourth-order valence-electron chi connectivity index (χ4n) is 3.52. The monoisotopic (exact) mass is 420 g/mol. The number of carbonyl (C=O) groups is 1. The van der Waals surface area contributed by atoms with Crippen LogP contribution in [0.5, 0.6) is 0 Å². The lowest BCUT2D eigenvalue weighted by atomic mass is 9.83. The Hall–Kier alpha value is -2.97. The molecular weight excluding hydrogens is 399 g/mol. The zero-order valence-electron chi connectivity index (χ0n) is 15.7. The van der Waals surface area contributed by atoms with Crippen molar-refractivity contribution in [3.63, 3.8) is 0 Å². The van der Waals surface area contributed by atoms with Gasteiger partial charge in [0.15, 0.2) is 5.82 Å². The van der Waals surface area contributed by atoms with Gasteiger partial charge in [-0.15, -0.1) is 0 Å². The van der Waals surface area contributed by atoms with Crippen molar-refractivity contribution in [3.8, 4) is 6.07 Å². The second-order valence-electron chi connectivity index (χ2n) is 7.07. The minimum atomic E-state index is -3.37. The van der Waals surface area contributed by atoms with Crippen LogP contribution in [0.25, 0.3) is 0 Å². The van der Waals surface area contributed by atoms with Crippen molar-refractivity contribution in [1.82, 2.24) is 14.5 Å². The van der Waals surface area contributed by atoms with Crippen molar-refractivity contribution in [2.45, 2.75) is 31.3 Å². The summed E-state index contributed by atoms with van der Waals surface area (Å²) in [4.78, 5) is 11.8. The molecular formula is C18H21FN6O3S. The Morgan fingerprint density at radius 2 is 2.03 bits per heavy atom. The molecule has 0 aliphatic heterocycles. The standard InChI is InChI=1S/C18H21FN6O3S/c1-29(27,28)24-14-6-7-16(11(8-14)9-20)25-10-15(17(21)26)18(23-25)22-13-4-2-12(19)3-5-13/h2-5,10-11,14,16,24H,6-8H2,1H3,(H2,21,26)(H,22,23). The first kappa shape index (κ1) is 20.8.